The number of hydrogen-bond acceptors (Lipinski definition) is 14. The molecule has 0 amide bonds. The molecule has 3 aliphatic carbocycles. The van der Waals surface area contributed by atoms with Crippen LogP contribution in [0.25, 0.3) is 0 Å². The third kappa shape index (κ3) is 17.5. The van der Waals surface area contributed by atoms with Gasteiger partial charge >= 0.3 is 35.8 Å². The number of ether oxygens (including phenoxy) is 7. The zero-order chi connectivity index (χ0) is 49.6. The van der Waals surface area contributed by atoms with E-state index >= 15 is 0 Å². The normalized spacial score (nSPS) is 22.7. The van der Waals surface area contributed by atoms with Crippen molar-refractivity contribution in [1.29, 1.82) is 0 Å². The molecule has 0 bridgehead atoms. The van der Waals surface area contributed by atoms with Crippen LogP contribution in [0.5, 0.6) is 11.5 Å². The van der Waals surface area contributed by atoms with Crippen LogP contribution in [-0.2, 0) is 52.5 Å². The van der Waals surface area contributed by atoms with E-state index in [1.54, 1.807) is 72.7 Å². The molecule has 0 radical (unpaired) electrons. The van der Waals surface area contributed by atoms with Crippen LogP contribution < -0.4 is 9.47 Å². The van der Waals surface area contributed by atoms with Gasteiger partial charge in [0.25, 0.3) is 0 Å². The van der Waals surface area contributed by atoms with Crippen molar-refractivity contribution in [1.82, 2.24) is 0 Å². The monoisotopic (exact) mass is 947 g/mol. The van der Waals surface area contributed by atoms with Crippen molar-refractivity contribution < 1.29 is 67.0 Å². The molecule has 14 nitrogen and oxygen atoms in total. The highest BCUT2D eigenvalue weighted by molar-refractivity contribution is 5.81. The van der Waals surface area contributed by atoms with Crippen molar-refractivity contribution in [3.63, 3.8) is 0 Å². The summed E-state index contributed by atoms with van der Waals surface area (Å²) in [6, 6.07) is 14.3. The number of benzene rings is 2. The highest BCUT2D eigenvalue weighted by Crippen LogP contribution is 2.38. The summed E-state index contributed by atoms with van der Waals surface area (Å²) in [5.41, 5.74) is -0.934. The quantitative estimate of drug-likeness (QED) is 0.0409. The van der Waals surface area contributed by atoms with Crippen LogP contribution in [0.4, 0.5) is 0 Å². The Hall–Kier alpha value is -5.08. The number of rotatable bonds is 21. The third-order valence-corrected chi connectivity index (χ3v) is 13.2. The van der Waals surface area contributed by atoms with E-state index < -0.39 is 29.1 Å². The Morgan fingerprint density at radius 1 is 0.647 bits per heavy atom. The standard InChI is InChI=1S/C54H74O14/c1-9-45(55)62-34-54(7,8)67-48(58)32-36-13-11-12-35(30-36)31-47(57)63-42-24-18-37(19-25-42)38-20-26-43(27-21-38)64-50(60)40-22-28-44(29-23-40)65-49(59)39-14-16-41(17-15-39)51(61)68-53(5,6)33-52(3,4)66-46(56)10-2/h10,18-19,22-25,28-29,35-36,38-39,41,43,50,60H,2,9,11-17,20-21,26-27,30-34H2,1,3-8H3. The van der Waals surface area contributed by atoms with Gasteiger partial charge < -0.3 is 38.3 Å². The molecular weight excluding hydrogens is 873 g/mol. The van der Waals surface area contributed by atoms with Gasteiger partial charge in [0.2, 0.25) is 0 Å². The number of aliphatic hydroxyl groups excluding tert-OH is 1. The SMILES string of the molecule is C=CC(=O)OC(C)(C)CC(C)(C)OC(=O)C1CCC(C(=O)Oc2ccc(C(O)OC3CCC(c4ccc(OC(=O)CC5CCCC(CC(=O)OC(C)(C)COC(=O)CC)C5)cc4)CC3)cc2)CC1. The van der Waals surface area contributed by atoms with Gasteiger partial charge in [-0.3, -0.25) is 24.0 Å². The van der Waals surface area contributed by atoms with Crippen LogP contribution in [-0.4, -0.2) is 70.4 Å². The number of hydrogen-bond donors (Lipinski definition) is 1. The Morgan fingerprint density at radius 3 is 1.78 bits per heavy atom. The molecule has 3 aliphatic rings. The molecule has 0 spiro atoms. The smallest absolute Gasteiger partial charge is 0.330 e. The molecule has 3 atom stereocenters. The van der Waals surface area contributed by atoms with Crippen molar-refractivity contribution in [2.75, 3.05) is 6.61 Å². The van der Waals surface area contributed by atoms with Gasteiger partial charge in [-0.1, -0.05) is 44.2 Å². The van der Waals surface area contributed by atoms with Gasteiger partial charge in [-0.2, -0.15) is 0 Å². The lowest BCUT2D eigenvalue weighted by Crippen LogP contribution is -2.41. The molecule has 3 fully saturated rings. The summed E-state index contributed by atoms with van der Waals surface area (Å²) in [5, 5.41) is 10.9. The third-order valence-electron chi connectivity index (χ3n) is 13.2. The van der Waals surface area contributed by atoms with Crippen molar-refractivity contribution in [3.05, 3.63) is 72.3 Å². The lowest BCUT2D eigenvalue weighted by Gasteiger charge is -2.35. The predicted octanol–water partition coefficient (Wildman–Crippen LogP) is 10.1. The minimum Gasteiger partial charge on any atom is -0.461 e. The van der Waals surface area contributed by atoms with Gasteiger partial charge in [0.05, 0.1) is 17.9 Å². The lowest BCUT2D eigenvalue weighted by molar-refractivity contribution is -0.173. The van der Waals surface area contributed by atoms with Crippen molar-refractivity contribution in [3.8, 4) is 11.5 Å². The van der Waals surface area contributed by atoms with Crippen LogP contribution in [0.3, 0.4) is 0 Å². The molecule has 2 aromatic rings. The van der Waals surface area contributed by atoms with Crippen molar-refractivity contribution in [2.24, 2.45) is 23.7 Å². The molecule has 0 saturated heterocycles. The summed E-state index contributed by atoms with van der Waals surface area (Å²) >= 11 is 0. The summed E-state index contributed by atoms with van der Waals surface area (Å²) in [7, 11) is 0. The summed E-state index contributed by atoms with van der Waals surface area (Å²) in [5.74, 6) is -1.48. The molecule has 0 heterocycles. The Morgan fingerprint density at radius 2 is 1.19 bits per heavy atom. The van der Waals surface area contributed by atoms with Crippen molar-refractivity contribution in [2.45, 2.75) is 186 Å². The van der Waals surface area contributed by atoms with E-state index in [9.17, 15) is 33.9 Å². The average molecular weight is 947 g/mol. The molecule has 68 heavy (non-hydrogen) atoms. The molecule has 14 heteroatoms. The zero-order valence-electron chi connectivity index (χ0n) is 41.2. The van der Waals surface area contributed by atoms with Crippen LogP contribution in [0.1, 0.15) is 175 Å². The summed E-state index contributed by atoms with van der Waals surface area (Å²) in [6.45, 7) is 15.7. The fourth-order valence-corrected chi connectivity index (χ4v) is 9.99. The molecule has 0 aromatic heterocycles. The highest BCUT2D eigenvalue weighted by atomic mass is 16.6. The Labute approximate surface area is 402 Å². The topological polar surface area (TPSA) is 187 Å². The molecule has 0 aliphatic heterocycles. The maximum absolute atomic E-state index is 13.1. The van der Waals surface area contributed by atoms with E-state index in [1.807, 2.05) is 24.3 Å². The van der Waals surface area contributed by atoms with E-state index in [-0.39, 0.29) is 85.5 Å². The van der Waals surface area contributed by atoms with Crippen LogP contribution in [0.15, 0.2) is 61.2 Å². The maximum atomic E-state index is 13.1. The minimum absolute atomic E-state index is 0.00564. The van der Waals surface area contributed by atoms with E-state index in [0.29, 0.717) is 55.1 Å². The largest absolute Gasteiger partial charge is 0.461 e. The number of aliphatic hydroxyl groups is 1. The first-order valence-electron chi connectivity index (χ1n) is 24.5. The van der Waals surface area contributed by atoms with Crippen LogP contribution in [0, 0.1) is 23.7 Å². The summed E-state index contributed by atoms with van der Waals surface area (Å²) in [6.07, 6.45) is 9.66. The first-order chi connectivity index (χ1) is 32.1. The summed E-state index contributed by atoms with van der Waals surface area (Å²) in [4.78, 5) is 75.0. The molecule has 2 aromatic carbocycles. The molecule has 5 rings (SSSR count). The molecule has 1 N–H and O–H groups in total. The van der Waals surface area contributed by atoms with Gasteiger partial charge in [0.1, 0.15) is 34.9 Å². The highest BCUT2D eigenvalue weighted by Gasteiger charge is 2.38. The van der Waals surface area contributed by atoms with Gasteiger partial charge in [-0.15, -0.1) is 0 Å². The maximum Gasteiger partial charge on any atom is 0.330 e. The van der Waals surface area contributed by atoms with Gasteiger partial charge in [-0.25, -0.2) is 4.79 Å². The van der Waals surface area contributed by atoms with Crippen molar-refractivity contribution >= 4 is 35.8 Å². The lowest BCUT2D eigenvalue weighted by atomic mass is 9.78. The second-order valence-corrected chi connectivity index (χ2v) is 20.8. The first kappa shape index (κ1) is 53.9. The fraction of sp³-hybridized carbons (Fsp3) is 0.630. The Kier molecular flexibility index (Phi) is 19.4. The van der Waals surface area contributed by atoms with E-state index in [2.05, 4.69) is 6.58 Å². The van der Waals surface area contributed by atoms with Gasteiger partial charge in [-0.05, 0) is 160 Å². The predicted molar refractivity (Wildman–Crippen MR) is 252 cm³/mol. The van der Waals surface area contributed by atoms with Crippen LogP contribution >= 0.6 is 0 Å². The van der Waals surface area contributed by atoms with E-state index in [0.717, 1.165) is 63.0 Å². The molecule has 3 saturated carbocycles. The average Bonchev–Trinajstić information content (AvgIpc) is 3.28. The molecule has 3 unspecified atom stereocenters. The number of carbonyl (C=O) groups is 6. The number of carbonyl (C=O) groups excluding carboxylic acids is 6. The van der Waals surface area contributed by atoms with Crippen LogP contribution in [0.2, 0.25) is 0 Å². The Balaban J connectivity index is 0.972. The second kappa shape index (κ2) is 24.5. The van der Waals surface area contributed by atoms with E-state index in [4.69, 9.17) is 33.2 Å². The fourth-order valence-electron chi connectivity index (χ4n) is 9.99. The second-order valence-electron chi connectivity index (χ2n) is 20.8. The Bertz CT molecular complexity index is 2020. The number of esters is 6. The zero-order valence-corrected chi connectivity index (χ0v) is 41.2. The van der Waals surface area contributed by atoms with Gasteiger partial charge in [0.15, 0.2) is 6.29 Å². The molecular formula is C54H74O14. The minimum atomic E-state index is -1.14. The molecule has 374 valence electrons. The van der Waals surface area contributed by atoms with E-state index in [1.165, 1.54) is 0 Å². The summed E-state index contributed by atoms with van der Waals surface area (Å²) < 4.78 is 39.5. The van der Waals surface area contributed by atoms with Gasteiger partial charge in [0, 0.05) is 37.3 Å². The first-order valence-corrected chi connectivity index (χ1v) is 24.5.